The van der Waals surface area contributed by atoms with Crippen LogP contribution in [-0.2, 0) is 15.0 Å². The van der Waals surface area contributed by atoms with Crippen LogP contribution in [0.15, 0.2) is 12.1 Å². The molecule has 0 radical (unpaired) electrons. The molecule has 0 saturated carbocycles. The van der Waals surface area contributed by atoms with Gasteiger partial charge in [-0.05, 0) is 43.1 Å². The average Bonchev–Trinajstić information content (AvgIpc) is 2.58. The smallest absolute Gasteiger partial charge is 0.314 e. The third kappa shape index (κ3) is 5.61. The number of benzene rings is 1. The molecule has 1 aromatic carbocycles. The minimum absolute atomic E-state index is 0.233. The molecular weight excluding hydrogens is 376 g/mol. The number of hydrogen-bond acceptors (Lipinski definition) is 5. The second kappa shape index (κ2) is 9.77. The van der Waals surface area contributed by atoms with Gasteiger partial charge in [-0.1, -0.05) is 27.7 Å². The maximum atomic E-state index is 12.3. The molecule has 156 valence electrons. The van der Waals surface area contributed by atoms with Crippen LogP contribution in [0.3, 0.4) is 0 Å². The first-order chi connectivity index (χ1) is 13.0. The van der Waals surface area contributed by atoms with Crippen molar-refractivity contribution in [2.75, 3.05) is 14.2 Å². The Balaban J connectivity index is 3.63. The molecule has 0 amide bonds. The Morgan fingerprint density at radius 2 is 1.79 bits per heavy atom. The summed E-state index contributed by atoms with van der Waals surface area (Å²) in [5.41, 5.74) is 1.24. The molecule has 0 fully saturated rings. The average molecular weight is 409 g/mol. The Morgan fingerprint density at radius 1 is 1.18 bits per heavy atom. The van der Waals surface area contributed by atoms with E-state index in [-0.39, 0.29) is 11.8 Å². The van der Waals surface area contributed by atoms with Crippen molar-refractivity contribution in [3.05, 3.63) is 23.3 Å². The molecule has 1 rings (SSSR count). The van der Waals surface area contributed by atoms with Gasteiger partial charge in [0.15, 0.2) is 17.3 Å². The molecule has 1 atom stereocenters. The van der Waals surface area contributed by atoms with Crippen molar-refractivity contribution in [1.29, 1.82) is 0 Å². The van der Waals surface area contributed by atoms with Gasteiger partial charge in [-0.3, -0.25) is 9.59 Å². The Morgan fingerprint density at radius 3 is 2.18 bits per heavy atom. The summed E-state index contributed by atoms with van der Waals surface area (Å²) in [6.07, 6.45) is 3.11. The monoisotopic (exact) mass is 408 g/mol. The summed E-state index contributed by atoms with van der Waals surface area (Å²) in [5, 5.41) is 9.19. The SMILES string of the molecule is CCC(C(=O)O)C(=O)C=Cc1cc(OC)c(C(C)(C)C)c(OC)c1O[SiH](C)C. The maximum Gasteiger partial charge on any atom is 0.314 e. The van der Waals surface area contributed by atoms with Crippen molar-refractivity contribution in [3.63, 3.8) is 0 Å². The van der Waals surface area contributed by atoms with Crippen LogP contribution in [0, 0.1) is 5.92 Å². The van der Waals surface area contributed by atoms with E-state index in [2.05, 4.69) is 20.8 Å². The number of carboxylic acid groups (broad SMARTS) is 1. The van der Waals surface area contributed by atoms with Crippen molar-refractivity contribution >= 4 is 26.9 Å². The number of ketones is 1. The first-order valence-electron chi connectivity index (χ1n) is 9.38. The summed E-state index contributed by atoms with van der Waals surface area (Å²) in [7, 11) is 1.67. The highest BCUT2D eigenvalue weighted by Crippen LogP contribution is 2.47. The summed E-state index contributed by atoms with van der Waals surface area (Å²) < 4.78 is 17.4. The lowest BCUT2D eigenvalue weighted by Crippen LogP contribution is -2.21. The van der Waals surface area contributed by atoms with Crippen LogP contribution < -0.4 is 13.9 Å². The molecule has 0 spiro atoms. The lowest BCUT2D eigenvalue weighted by atomic mass is 9.84. The summed E-state index contributed by atoms with van der Waals surface area (Å²) in [4.78, 5) is 23.5. The molecular formula is C21H32O6Si. The largest absolute Gasteiger partial charge is 0.544 e. The van der Waals surface area contributed by atoms with Gasteiger partial charge in [-0.25, -0.2) is 0 Å². The van der Waals surface area contributed by atoms with Gasteiger partial charge in [-0.2, -0.15) is 0 Å². The van der Waals surface area contributed by atoms with Gasteiger partial charge in [-0.15, -0.1) is 0 Å². The molecule has 7 heteroatoms. The van der Waals surface area contributed by atoms with Crippen molar-refractivity contribution in [3.8, 4) is 17.2 Å². The van der Waals surface area contributed by atoms with E-state index in [0.717, 1.165) is 5.56 Å². The van der Waals surface area contributed by atoms with E-state index < -0.39 is 26.7 Å². The van der Waals surface area contributed by atoms with Crippen molar-refractivity contribution in [2.24, 2.45) is 5.92 Å². The molecule has 28 heavy (non-hydrogen) atoms. The molecule has 1 unspecified atom stereocenters. The van der Waals surface area contributed by atoms with Crippen molar-refractivity contribution in [1.82, 2.24) is 0 Å². The van der Waals surface area contributed by atoms with Crippen LogP contribution >= 0.6 is 0 Å². The quantitative estimate of drug-likeness (QED) is 0.377. The van der Waals surface area contributed by atoms with E-state index in [1.54, 1.807) is 33.3 Å². The number of methoxy groups -OCH3 is 2. The standard InChI is InChI=1S/C21H32O6Si/c1-9-14(20(23)24)15(22)11-10-13-12-16(25-5)17(21(2,3)4)19(26-6)18(13)27-28(7)8/h10-12,14,28H,9H2,1-8H3,(H,23,24). The van der Waals surface area contributed by atoms with E-state index in [9.17, 15) is 14.7 Å². The van der Waals surface area contributed by atoms with E-state index >= 15 is 0 Å². The summed E-state index contributed by atoms with van der Waals surface area (Å²) in [6.45, 7) is 11.9. The van der Waals surface area contributed by atoms with E-state index in [1.165, 1.54) is 6.08 Å². The zero-order valence-electron chi connectivity index (χ0n) is 18.1. The van der Waals surface area contributed by atoms with Crippen molar-refractivity contribution in [2.45, 2.75) is 52.6 Å². The second-order valence-corrected chi connectivity index (χ2v) is 10.2. The minimum Gasteiger partial charge on any atom is -0.544 e. The molecule has 0 aliphatic rings. The number of aliphatic carboxylic acids is 1. The molecule has 0 aromatic heterocycles. The normalized spacial score (nSPS) is 12.9. The predicted octanol–water partition coefficient (Wildman–Crippen LogP) is 4.06. The zero-order valence-corrected chi connectivity index (χ0v) is 19.2. The van der Waals surface area contributed by atoms with Crippen LogP contribution in [-0.4, -0.2) is 40.1 Å². The van der Waals surface area contributed by atoms with Crippen LogP contribution in [0.2, 0.25) is 13.1 Å². The number of carbonyl (C=O) groups is 2. The number of hydrogen-bond donors (Lipinski definition) is 1. The summed E-state index contributed by atoms with van der Waals surface area (Å²) >= 11 is 0. The van der Waals surface area contributed by atoms with Gasteiger partial charge >= 0.3 is 5.97 Å². The lowest BCUT2D eigenvalue weighted by Gasteiger charge is -2.28. The Hall–Kier alpha value is -2.28. The Labute approximate surface area is 169 Å². The number of rotatable bonds is 9. The third-order valence-electron chi connectivity index (χ3n) is 4.23. The maximum absolute atomic E-state index is 12.3. The number of ether oxygens (including phenoxy) is 2. The van der Waals surface area contributed by atoms with Gasteiger partial charge < -0.3 is 19.0 Å². The third-order valence-corrected chi connectivity index (χ3v) is 4.94. The highest BCUT2D eigenvalue weighted by atomic mass is 28.3. The fraction of sp³-hybridized carbons (Fsp3) is 0.524. The zero-order chi connectivity index (χ0) is 21.6. The van der Waals surface area contributed by atoms with Gasteiger partial charge in [0.25, 0.3) is 0 Å². The highest BCUT2D eigenvalue weighted by Gasteiger charge is 2.29. The first kappa shape index (κ1) is 23.8. The molecule has 0 saturated heterocycles. The molecule has 0 aliphatic carbocycles. The van der Waals surface area contributed by atoms with E-state index in [1.807, 2.05) is 13.1 Å². The van der Waals surface area contributed by atoms with E-state index in [0.29, 0.717) is 22.8 Å². The molecule has 0 aliphatic heterocycles. The number of allylic oxidation sites excluding steroid dienone is 1. The van der Waals surface area contributed by atoms with Gasteiger partial charge in [0.05, 0.1) is 14.2 Å². The lowest BCUT2D eigenvalue weighted by molar-refractivity contribution is -0.145. The molecule has 1 aromatic rings. The topological polar surface area (TPSA) is 82.1 Å². The molecule has 1 N–H and O–H groups in total. The first-order valence-corrected chi connectivity index (χ1v) is 12.2. The fourth-order valence-corrected chi connectivity index (χ4v) is 3.68. The van der Waals surface area contributed by atoms with Gasteiger partial charge in [0.1, 0.15) is 11.7 Å². The van der Waals surface area contributed by atoms with Crippen molar-refractivity contribution < 1.29 is 28.6 Å². The van der Waals surface area contributed by atoms with Gasteiger partial charge in [0.2, 0.25) is 9.04 Å². The van der Waals surface area contributed by atoms with E-state index in [4.69, 9.17) is 13.9 Å². The van der Waals surface area contributed by atoms with Gasteiger partial charge in [0, 0.05) is 11.1 Å². The van der Waals surface area contributed by atoms with Crippen LogP contribution in [0.1, 0.15) is 45.2 Å². The Kier molecular flexibility index (Phi) is 8.29. The molecule has 0 heterocycles. The highest BCUT2D eigenvalue weighted by molar-refractivity contribution is 6.49. The molecule has 6 nitrogen and oxygen atoms in total. The second-order valence-electron chi connectivity index (χ2n) is 7.86. The van der Waals surface area contributed by atoms with Crippen LogP contribution in [0.25, 0.3) is 6.08 Å². The van der Waals surface area contributed by atoms with Crippen LogP contribution in [0.4, 0.5) is 0 Å². The van der Waals surface area contributed by atoms with Crippen LogP contribution in [0.5, 0.6) is 17.2 Å². The Bertz CT molecular complexity index is 746. The predicted molar refractivity (Wildman–Crippen MR) is 113 cm³/mol. The fourth-order valence-electron chi connectivity index (χ4n) is 2.97. The molecule has 0 bridgehead atoms. The number of carbonyl (C=O) groups excluding carboxylic acids is 1. The summed E-state index contributed by atoms with van der Waals surface area (Å²) in [6, 6.07) is 1.81. The number of carboxylic acids is 1. The summed E-state index contributed by atoms with van der Waals surface area (Å²) in [5.74, 6) is -0.882. The minimum atomic E-state index is -1.49.